The van der Waals surface area contributed by atoms with Crippen LogP contribution in [0.5, 0.6) is 0 Å². The van der Waals surface area contributed by atoms with E-state index in [-0.39, 0.29) is 0 Å². The monoisotopic (exact) mass is 393 g/mol. The van der Waals surface area contributed by atoms with Gasteiger partial charge in [-0.15, -0.1) is 0 Å². The lowest BCUT2D eigenvalue weighted by Crippen LogP contribution is -2.19. The Hall–Kier alpha value is -0.800. The van der Waals surface area contributed by atoms with Crippen molar-refractivity contribution in [3.63, 3.8) is 0 Å². The molecule has 0 heterocycles. The second-order valence-corrected chi connectivity index (χ2v) is 7.20. The molecule has 0 fully saturated rings. The number of halogens is 2. The van der Waals surface area contributed by atoms with Crippen molar-refractivity contribution < 1.29 is 0 Å². The first kappa shape index (κ1) is 14.2. The summed E-state index contributed by atoms with van der Waals surface area (Å²) in [6, 6.07) is 15.5. The van der Waals surface area contributed by atoms with Crippen LogP contribution in [0.25, 0.3) is 0 Å². The van der Waals surface area contributed by atoms with E-state index in [0.29, 0.717) is 12.0 Å². The average Bonchev–Trinajstić information content (AvgIpc) is 2.46. The maximum absolute atomic E-state index is 3.69. The van der Waals surface area contributed by atoms with Crippen molar-refractivity contribution in [2.45, 2.75) is 31.7 Å². The van der Waals surface area contributed by atoms with Crippen molar-refractivity contribution in [1.29, 1.82) is 0 Å². The largest absolute Gasteiger partial charge is 0.377 e. The molecule has 1 aliphatic carbocycles. The highest BCUT2D eigenvalue weighted by Gasteiger charge is 2.24. The molecule has 3 rings (SSSR count). The van der Waals surface area contributed by atoms with Crippen molar-refractivity contribution in [2.24, 2.45) is 0 Å². The van der Waals surface area contributed by atoms with Gasteiger partial charge < -0.3 is 5.32 Å². The van der Waals surface area contributed by atoms with Gasteiger partial charge in [0.1, 0.15) is 0 Å². The Bertz CT molecular complexity index is 624. The van der Waals surface area contributed by atoms with Crippen molar-refractivity contribution >= 4 is 37.5 Å². The maximum Gasteiger partial charge on any atom is 0.0517 e. The lowest BCUT2D eigenvalue weighted by Gasteiger charge is -2.31. The van der Waals surface area contributed by atoms with Crippen LogP contribution in [0.2, 0.25) is 0 Å². The predicted octanol–water partition coefficient (Wildman–Crippen LogP) is 6.26. The first-order chi connectivity index (χ1) is 9.65. The van der Waals surface area contributed by atoms with Crippen LogP contribution in [0.15, 0.2) is 51.4 Å². The van der Waals surface area contributed by atoms with Gasteiger partial charge in [0, 0.05) is 8.95 Å². The molecule has 2 aromatic carbocycles. The average molecular weight is 395 g/mol. The lowest BCUT2D eigenvalue weighted by atomic mass is 9.81. The molecule has 1 aliphatic rings. The molecule has 0 bridgehead atoms. The van der Waals surface area contributed by atoms with E-state index in [1.54, 1.807) is 0 Å². The molecule has 1 N–H and O–H groups in total. The Balaban J connectivity index is 1.92. The van der Waals surface area contributed by atoms with Crippen LogP contribution < -0.4 is 5.32 Å². The zero-order chi connectivity index (χ0) is 14.1. The molecule has 0 aromatic heterocycles. The molecule has 3 heteroatoms. The third-order valence-electron chi connectivity index (χ3n) is 4.05. The molecule has 0 saturated carbocycles. The van der Waals surface area contributed by atoms with Gasteiger partial charge in [-0.05, 0) is 64.0 Å². The number of nitrogens with one attached hydrogen (secondary N) is 1. The minimum absolute atomic E-state index is 0.396. The van der Waals surface area contributed by atoms with E-state index in [4.69, 9.17) is 0 Å². The van der Waals surface area contributed by atoms with Gasteiger partial charge in [-0.3, -0.25) is 0 Å². The Morgan fingerprint density at radius 2 is 1.75 bits per heavy atom. The Kier molecular flexibility index (Phi) is 4.18. The van der Waals surface area contributed by atoms with Gasteiger partial charge in [0.05, 0.1) is 11.7 Å². The van der Waals surface area contributed by atoms with Crippen molar-refractivity contribution in [1.82, 2.24) is 0 Å². The van der Waals surface area contributed by atoms with Crippen molar-refractivity contribution in [3.05, 3.63) is 62.5 Å². The van der Waals surface area contributed by atoms with E-state index in [2.05, 4.69) is 80.5 Å². The van der Waals surface area contributed by atoms with E-state index in [9.17, 15) is 0 Å². The summed E-state index contributed by atoms with van der Waals surface area (Å²) < 4.78 is 2.21. The first-order valence-corrected chi connectivity index (χ1v) is 8.54. The Morgan fingerprint density at radius 1 is 1.00 bits per heavy atom. The van der Waals surface area contributed by atoms with Crippen LogP contribution in [0.1, 0.15) is 42.9 Å². The quantitative estimate of drug-likeness (QED) is 0.633. The fourth-order valence-electron chi connectivity index (χ4n) is 2.95. The third-order valence-corrected chi connectivity index (χ3v) is 5.23. The van der Waals surface area contributed by atoms with Gasteiger partial charge in [0.2, 0.25) is 0 Å². The molecule has 0 saturated heterocycles. The Labute approximate surface area is 137 Å². The minimum atomic E-state index is 0.396. The summed E-state index contributed by atoms with van der Waals surface area (Å²) in [5, 5.41) is 3.69. The fraction of sp³-hybridized carbons (Fsp3) is 0.294. The number of rotatable bonds is 2. The van der Waals surface area contributed by atoms with E-state index in [0.717, 1.165) is 14.6 Å². The van der Waals surface area contributed by atoms with Gasteiger partial charge in [-0.25, -0.2) is 0 Å². The zero-order valence-electron chi connectivity index (χ0n) is 11.4. The third kappa shape index (κ3) is 2.79. The molecular weight excluding hydrogens is 378 g/mol. The molecule has 0 aliphatic heterocycles. The maximum atomic E-state index is 3.69. The van der Waals surface area contributed by atoms with E-state index >= 15 is 0 Å². The summed E-state index contributed by atoms with van der Waals surface area (Å²) in [5.41, 5.74) is 4.08. The molecular formula is C17H17Br2N. The number of anilines is 1. The second-order valence-electron chi connectivity index (χ2n) is 5.43. The first-order valence-electron chi connectivity index (χ1n) is 6.95. The van der Waals surface area contributed by atoms with Gasteiger partial charge in [-0.1, -0.05) is 47.1 Å². The highest BCUT2D eigenvalue weighted by Crippen LogP contribution is 2.40. The normalized spacial score (nSPS) is 21.4. The molecule has 20 heavy (non-hydrogen) atoms. The zero-order valence-corrected chi connectivity index (χ0v) is 14.5. The van der Waals surface area contributed by atoms with Gasteiger partial charge in [-0.2, -0.15) is 0 Å². The fourth-order valence-corrected chi connectivity index (χ4v) is 3.67. The van der Waals surface area contributed by atoms with Gasteiger partial charge in [0.25, 0.3) is 0 Å². The highest BCUT2D eigenvalue weighted by molar-refractivity contribution is 9.11. The summed E-state index contributed by atoms with van der Waals surface area (Å²) in [7, 11) is 0. The smallest absolute Gasteiger partial charge is 0.0517 e. The van der Waals surface area contributed by atoms with Crippen molar-refractivity contribution in [3.8, 4) is 0 Å². The standard InChI is InChI=1S/C17H17Br2N/c1-11-6-9-16(14-5-3-2-4-13(11)14)20-17-10-12(18)7-8-15(17)19/h2-5,7-8,10-11,16,20H,6,9H2,1H3. The molecule has 104 valence electrons. The molecule has 2 atom stereocenters. The summed E-state index contributed by atoms with van der Waals surface area (Å²) in [5.74, 6) is 0.662. The van der Waals surface area contributed by atoms with Crippen LogP contribution in [-0.4, -0.2) is 0 Å². The molecule has 1 nitrogen and oxygen atoms in total. The molecule has 2 unspecified atom stereocenters. The van der Waals surface area contributed by atoms with Crippen LogP contribution in [0.4, 0.5) is 5.69 Å². The van der Waals surface area contributed by atoms with Gasteiger partial charge in [0.15, 0.2) is 0 Å². The SMILES string of the molecule is CC1CCC(Nc2cc(Br)ccc2Br)c2ccccc21. The van der Waals surface area contributed by atoms with Crippen LogP contribution in [-0.2, 0) is 0 Å². The molecule has 2 aromatic rings. The Morgan fingerprint density at radius 3 is 2.55 bits per heavy atom. The van der Waals surface area contributed by atoms with Crippen LogP contribution in [0, 0.1) is 0 Å². The number of fused-ring (bicyclic) bond motifs is 1. The topological polar surface area (TPSA) is 12.0 Å². The number of hydrogen-bond donors (Lipinski definition) is 1. The lowest BCUT2D eigenvalue weighted by molar-refractivity contribution is 0.534. The highest BCUT2D eigenvalue weighted by atomic mass is 79.9. The minimum Gasteiger partial charge on any atom is -0.377 e. The molecule has 0 radical (unpaired) electrons. The molecule has 0 spiro atoms. The predicted molar refractivity (Wildman–Crippen MR) is 92.3 cm³/mol. The van der Waals surface area contributed by atoms with Crippen LogP contribution in [0.3, 0.4) is 0 Å². The van der Waals surface area contributed by atoms with Gasteiger partial charge >= 0.3 is 0 Å². The van der Waals surface area contributed by atoms with E-state index in [1.165, 1.54) is 24.0 Å². The van der Waals surface area contributed by atoms with E-state index < -0.39 is 0 Å². The van der Waals surface area contributed by atoms with Crippen LogP contribution >= 0.6 is 31.9 Å². The molecule has 0 amide bonds. The summed E-state index contributed by atoms with van der Waals surface area (Å²) in [6.45, 7) is 2.32. The summed E-state index contributed by atoms with van der Waals surface area (Å²) in [6.07, 6.45) is 2.41. The summed E-state index contributed by atoms with van der Waals surface area (Å²) in [4.78, 5) is 0. The second kappa shape index (κ2) is 5.90. The number of hydrogen-bond acceptors (Lipinski definition) is 1. The summed E-state index contributed by atoms with van der Waals surface area (Å²) >= 11 is 7.17. The van der Waals surface area contributed by atoms with Crippen molar-refractivity contribution in [2.75, 3.05) is 5.32 Å². The number of benzene rings is 2. The van der Waals surface area contributed by atoms with E-state index in [1.807, 2.05) is 6.07 Å².